The number of ether oxygens (including phenoxy) is 1. The van der Waals surface area contributed by atoms with E-state index in [9.17, 15) is 8.78 Å². The highest BCUT2D eigenvalue weighted by Gasteiger charge is 2.09. The van der Waals surface area contributed by atoms with Gasteiger partial charge in [-0.25, -0.2) is 8.78 Å². The summed E-state index contributed by atoms with van der Waals surface area (Å²) in [5.41, 5.74) is 6.31. The minimum absolute atomic E-state index is 0.00567. The maximum atomic E-state index is 13.8. The van der Waals surface area contributed by atoms with Crippen molar-refractivity contribution in [2.24, 2.45) is 5.73 Å². The lowest BCUT2D eigenvalue weighted by molar-refractivity contribution is 0.438. The van der Waals surface area contributed by atoms with Crippen LogP contribution in [0, 0.1) is 11.6 Å². The van der Waals surface area contributed by atoms with Gasteiger partial charge in [-0.1, -0.05) is 17.7 Å². The number of benzene rings is 2. The van der Waals surface area contributed by atoms with Gasteiger partial charge in [-0.15, -0.1) is 0 Å². The number of rotatable bonds is 3. The highest BCUT2D eigenvalue weighted by Crippen LogP contribution is 2.28. The molecule has 5 heteroatoms. The molecule has 0 saturated heterocycles. The maximum absolute atomic E-state index is 13.8. The Morgan fingerprint density at radius 2 is 1.84 bits per heavy atom. The van der Waals surface area contributed by atoms with Crippen molar-refractivity contribution in [2.75, 3.05) is 0 Å². The van der Waals surface area contributed by atoms with Crippen molar-refractivity contribution in [1.29, 1.82) is 0 Å². The highest BCUT2D eigenvalue weighted by molar-refractivity contribution is 6.30. The van der Waals surface area contributed by atoms with Crippen LogP contribution in [0.3, 0.4) is 0 Å². The molecule has 2 aromatic carbocycles. The zero-order chi connectivity index (χ0) is 14.0. The first kappa shape index (κ1) is 13.8. The number of hydrogen-bond acceptors (Lipinski definition) is 2. The molecule has 0 fully saturated rings. The predicted molar refractivity (Wildman–Crippen MR) is 70.5 cm³/mol. The van der Waals surface area contributed by atoms with Gasteiger partial charge >= 0.3 is 0 Å². The molecule has 0 radical (unpaired) electrons. The van der Waals surface area contributed by atoms with E-state index in [1.807, 2.05) is 0 Å². The summed E-state index contributed by atoms with van der Waals surface area (Å²) in [6.07, 6.45) is 0. The van der Waals surface area contributed by atoms with Crippen LogP contribution in [0.25, 0.3) is 0 Å². The third-order valence-corrected chi connectivity index (χ3v) is 2.91. The summed E-state index contributed by atoms with van der Waals surface area (Å²) in [7, 11) is 0. The monoisotopic (exact) mass is 283 g/mol. The lowest BCUT2D eigenvalue weighted by Crippen LogP contribution is -2.05. The number of halogens is 3. The van der Waals surface area contributed by atoms with E-state index in [0.29, 0.717) is 5.56 Å². The van der Waals surface area contributed by atoms with Crippen LogP contribution < -0.4 is 10.5 Å². The molecule has 2 nitrogen and oxygen atoms in total. The Labute approximate surface area is 114 Å². The summed E-state index contributed by atoms with van der Waals surface area (Å²) >= 11 is 5.55. The van der Waals surface area contributed by atoms with E-state index >= 15 is 0 Å². The molecule has 1 atom stereocenters. The van der Waals surface area contributed by atoms with Gasteiger partial charge in [-0.05, 0) is 36.8 Å². The second-order valence-electron chi connectivity index (χ2n) is 4.16. The first-order chi connectivity index (χ1) is 8.97. The molecule has 2 rings (SSSR count). The Hall–Kier alpha value is -1.65. The van der Waals surface area contributed by atoms with E-state index in [2.05, 4.69) is 0 Å². The van der Waals surface area contributed by atoms with Gasteiger partial charge in [-0.3, -0.25) is 0 Å². The summed E-state index contributed by atoms with van der Waals surface area (Å²) < 4.78 is 32.3. The van der Waals surface area contributed by atoms with E-state index < -0.39 is 11.6 Å². The molecular formula is C14H12ClF2NO. The van der Waals surface area contributed by atoms with Crippen LogP contribution in [0.2, 0.25) is 5.02 Å². The summed E-state index contributed by atoms with van der Waals surface area (Å²) in [5, 5.41) is -0.0138. The van der Waals surface area contributed by atoms with Crippen molar-refractivity contribution in [3.8, 4) is 11.5 Å². The molecule has 0 aliphatic rings. The van der Waals surface area contributed by atoms with Gasteiger partial charge in [0, 0.05) is 12.1 Å². The Kier molecular flexibility index (Phi) is 4.02. The summed E-state index contributed by atoms with van der Waals surface area (Å²) in [4.78, 5) is 0. The zero-order valence-electron chi connectivity index (χ0n) is 10.2. The lowest BCUT2D eigenvalue weighted by atomic mass is 10.1. The maximum Gasteiger partial charge on any atom is 0.166 e. The van der Waals surface area contributed by atoms with Gasteiger partial charge < -0.3 is 10.5 Å². The van der Waals surface area contributed by atoms with E-state index in [-0.39, 0.29) is 22.6 Å². The van der Waals surface area contributed by atoms with Crippen LogP contribution in [0.4, 0.5) is 8.78 Å². The lowest BCUT2D eigenvalue weighted by Gasteiger charge is -2.10. The topological polar surface area (TPSA) is 35.2 Å². The molecule has 0 heterocycles. The van der Waals surface area contributed by atoms with Crippen molar-refractivity contribution in [3.05, 3.63) is 58.6 Å². The summed E-state index contributed by atoms with van der Waals surface area (Å²) in [6, 6.07) is 8.06. The minimum atomic E-state index is -0.619. The fourth-order valence-electron chi connectivity index (χ4n) is 1.55. The molecule has 1 unspecified atom stereocenters. The first-order valence-corrected chi connectivity index (χ1v) is 6.03. The highest BCUT2D eigenvalue weighted by atomic mass is 35.5. The van der Waals surface area contributed by atoms with Crippen molar-refractivity contribution in [2.45, 2.75) is 13.0 Å². The van der Waals surface area contributed by atoms with E-state index in [1.54, 1.807) is 13.0 Å². The van der Waals surface area contributed by atoms with E-state index in [1.165, 1.54) is 24.3 Å². The summed E-state index contributed by atoms with van der Waals surface area (Å²) in [6.45, 7) is 1.75. The van der Waals surface area contributed by atoms with Crippen LogP contribution in [0.1, 0.15) is 18.5 Å². The Morgan fingerprint density at radius 3 is 2.42 bits per heavy atom. The summed E-state index contributed by atoms with van der Waals surface area (Å²) in [5.74, 6) is -0.989. The standard InChI is InChI=1S/C14H12ClF2NO/c1-8(18)9-2-5-14(13(17)6-9)19-10-3-4-11(15)12(16)7-10/h2-8H,18H2,1H3. The van der Waals surface area contributed by atoms with Gasteiger partial charge in [0.25, 0.3) is 0 Å². The van der Waals surface area contributed by atoms with Gasteiger partial charge in [0.2, 0.25) is 0 Å². The molecule has 2 N–H and O–H groups in total. The molecule has 100 valence electrons. The quantitative estimate of drug-likeness (QED) is 0.904. The number of hydrogen-bond donors (Lipinski definition) is 1. The predicted octanol–water partition coefficient (Wildman–Crippen LogP) is 4.43. The van der Waals surface area contributed by atoms with E-state index in [0.717, 1.165) is 6.07 Å². The fourth-order valence-corrected chi connectivity index (χ4v) is 1.67. The third kappa shape index (κ3) is 3.22. The molecule has 19 heavy (non-hydrogen) atoms. The molecule has 0 aliphatic carbocycles. The second kappa shape index (κ2) is 5.55. The van der Waals surface area contributed by atoms with Crippen LogP contribution >= 0.6 is 11.6 Å². The molecular weight excluding hydrogens is 272 g/mol. The van der Waals surface area contributed by atoms with Crippen molar-refractivity contribution >= 4 is 11.6 Å². The third-order valence-electron chi connectivity index (χ3n) is 2.60. The normalized spacial score (nSPS) is 12.3. The molecule has 0 bridgehead atoms. The van der Waals surface area contributed by atoms with Crippen LogP contribution in [-0.4, -0.2) is 0 Å². The van der Waals surface area contributed by atoms with Crippen molar-refractivity contribution in [3.63, 3.8) is 0 Å². The van der Waals surface area contributed by atoms with Crippen molar-refractivity contribution < 1.29 is 13.5 Å². The molecule has 0 aliphatic heterocycles. The Morgan fingerprint density at radius 1 is 1.11 bits per heavy atom. The molecule has 2 aromatic rings. The first-order valence-electron chi connectivity index (χ1n) is 5.65. The molecule has 0 aromatic heterocycles. The van der Waals surface area contributed by atoms with Gasteiger partial charge in [0.05, 0.1) is 5.02 Å². The van der Waals surface area contributed by atoms with Gasteiger partial charge in [-0.2, -0.15) is 0 Å². The molecule has 0 spiro atoms. The zero-order valence-corrected chi connectivity index (χ0v) is 10.9. The largest absolute Gasteiger partial charge is 0.454 e. The van der Waals surface area contributed by atoms with Crippen molar-refractivity contribution in [1.82, 2.24) is 0 Å². The average molecular weight is 284 g/mol. The fraction of sp³-hybridized carbons (Fsp3) is 0.143. The number of nitrogens with two attached hydrogens (primary N) is 1. The van der Waals surface area contributed by atoms with E-state index in [4.69, 9.17) is 22.1 Å². The Balaban J connectivity index is 2.25. The van der Waals surface area contributed by atoms with Crippen LogP contribution in [0.15, 0.2) is 36.4 Å². The minimum Gasteiger partial charge on any atom is -0.454 e. The second-order valence-corrected chi connectivity index (χ2v) is 4.56. The Bertz CT molecular complexity index is 602. The molecule has 0 saturated carbocycles. The van der Waals surface area contributed by atoms with Crippen LogP contribution in [0.5, 0.6) is 11.5 Å². The van der Waals surface area contributed by atoms with Crippen LogP contribution in [-0.2, 0) is 0 Å². The molecule has 0 amide bonds. The SMILES string of the molecule is CC(N)c1ccc(Oc2ccc(Cl)c(F)c2)c(F)c1. The van der Waals surface area contributed by atoms with Gasteiger partial charge in [0.15, 0.2) is 11.6 Å². The van der Waals surface area contributed by atoms with Gasteiger partial charge in [0.1, 0.15) is 11.6 Å². The smallest absolute Gasteiger partial charge is 0.166 e. The average Bonchev–Trinajstić information content (AvgIpc) is 2.36.